The average Bonchev–Trinajstić information content (AvgIpc) is 3.50. The van der Waals surface area contributed by atoms with E-state index in [1.807, 2.05) is 18.2 Å². The zero-order valence-corrected chi connectivity index (χ0v) is 19.4. The highest BCUT2D eigenvalue weighted by molar-refractivity contribution is 7.94. The van der Waals surface area contributed by atoms with Gasteiger partial charge in [-0.3, -0.25) is 4.79 Å². The normalized spacial score (nSPS) is 17.2. The standard InChI is InChI=1S/C23H26N4O3S2/c28-20(17-3-5-18(6-4-17)26-11-1-2-12-26)16-32(29,30)22-15-19-21(31-22)7-8-25-23(19)27-13-9-24-10-14-27/h3-8,15,24H,1-2,9-14,16H2. The van der Waals surface area contributed by atoms with Crippen LogP contribution in [0.5, 0.6) is 0 Å². The van der Waals surface area contributed by atoms with Crippen LogP contribution in [-0.2, 0) is 9.84 Å². The van der Waals surface area contributed by atoms with Crippen molar-refractivity contribution < 1.29 is 13.2 Å². The molecule has 0 amide bonds. The first-order valence-electron chi connectivity index (χ1n) is 11.0. The van der Waals surface area contributed by atoms with Crippen LogP contribution in [0.2, 0.25) is 0 Å². The number of sulfone groups is 1. The lowest BCUT2D eigenvalue weighted by Crippen LogP contribution is -2.43. The summed E-state index contributed by atoms with van der Waals surface area (Å²) in [5.41, 5.74) is 1.51. The fourth-order valence-corrected chi connectivity index (χ4v) is 7.06. The van der Waals surface area contributed by atoms with E-state index in [0.717, 1.165) is 60.9 Å². The van der Waals surface area contributed by atoms with Crippen molar-refractivity contribution in [1.29, 1.82) is 0 Å². The van der Waals surface area contributed by atoms with Gasteiger partial charge in [0.05, 0.1) is 0 Å². The van der Waals surface area contributed by atoms with Crippen molar-refractivity contribution in [3.8, 4) is 0 Å². The number of hydrogen-bond donors (Lipinski definition) is 1. The molecule has 0 radical (unpaired) electrons. The number of ketones is 1. The number of rotatable bonds is 6. The van der Waals surface area contributed by atoms with E-state index >= 15 is 0 Å². The van der Waals surface area contributed by atoms with Gasteiger partial charge in [0.1, 0.15) is 15.8 Å². The Morgan fingerprint density at radius 1 is 1.00 bits per heavy atom. The van der Waals surface area contributed by atoms with Gasteiger partial charge in [-0.1, -0.05) is 0 Å². The minimum absolute atomic E-state index is 0.221. The number of Topliss-reactive ketones (excluding diaryl/α,β-unsaturated/α-hetero) is 1. The molecule has 2 fully saturated rings. The molecule has 2 aliphatic heterocycles. The number of aromatic nitrogens is 1. The summed E-state index contributed by atoms with van der Waals surface area (Å²) in [6, 6.07) is 10.8. The van der Waals surface area contributed by atoms with Crippen LogP contribution in [-0.4, -0.2) is 64.2 Å². The lowest BCUT2D eigenvalue weighted by atomic mass is 10.1. The quantitative estimate of drug-likeness (QED) is 0.555. The van der Waals surface area contributed by atoms with Crippen molar-refractivity contribution in [3.63, 3.8) is 0 Å². The molecule has 3 aromatic rings. The van der Waals surface area contributed by atoms with Crippen LogP contribution in [0.15, 0.2) is 46.8 Å². The number of fused-ring (bicyclic) bond motifs is 1. The number of thiophene rings is 1. The molecule has 2 saturated heterocycles. The highest BCUT2D eigenvalue weighted by Gasteiger charge is 2.25. The van der Waals surface area contributed by atoms with Crippen molar-refractivity contribution in [2.45, 2.75) is 17.1 Å². The number of anilines is 2. The van der Waals surface area contributed by atoms with Crippen molar-refractivity contribution >= 4 is 48.5 Å². The molecule has 0 bridgehead atoms. The Morgan fingerprint density at radius 3 is 2.44 bits per heavy atom. The predicted molar refractivity (Wildman–Crippen MR) is 129 cm³/mol. The summed E-state index contributed by atoms with van der Waals surface area (Å²) >= 11 is 1.21. The molecule has 0 unspecified atom stereocenters. The second-order valence-electron chi connectivity index (χ2n) is 8.27. The van der Waals surface area contributed by atoms with Crippen LogP contribution in [0.3, 0.4) is 0 Å². The van der Waals surface area contributed by atoms with Crippen molar-refractivity contribution in [2.75, 3.05) is 54.8 Å². The van der Waals surface area contributed by atoms with Crippen LogP contribution in [0, 0.1) is 0 Å². The van der Waals surface area contributed by atoms with Crippen LogP contribution < -0.4 is 15.1 Å². The Hall–Kier alpha value is -2.49. The Bertz CT molecular complexity index is 1230. The number of carbonyl (C=O) groups is 1. The van der Waals surface area contributed by atoms with Gasteiger partial charge in [0.15, 0.2) is 15.6 Å². The Kier molecular flexibility index (Phi) is 5.88. The van der Waals surface area contributed by atoms with E-state index in [9.17, 15) is 13.2 Å². The summed E-state index contributed by atoms with van der Waals surface area (Å²) in [6.07, 6.45) is 4.08. The molecule has 9 heteroatoms. The minimum Gasteiger partial charge on any atom is -0.372 e. The number of nitrogens with one attached hydrogen (secondary N) is 1. The zero-order chi connectivity index (χ0) is 22.1. The van der Waals surface area contributed by atoms with Gasteiger partial charge in [-0.15, -0.1) is 11.3 Å². The molecule has 0 atom stereocenters. The summed E-state index contributed by atoms with van der Waals surface area (Å²) < 4.78 is 27.3. The second kappa shape index (κ2) is 8.80. The number of carbonyl (C=O) groups excluding carboxylic acids is 1. The molecule has 2 aromatic heterocycles. The van der Waals surface area contributed by atoms with E-state index in [1.54, 1.807) is 24.4 Å². The van der Waals surface area contributed by atoms with Gasteiger partial charge in [-0.2, -0.15) is 0 Å². The monoisotopic (exact) mass is 470 g/mol. The Balaban J connectivity index is 1.36. The van der Waals surface area contributed by atoms with E-state index in [1.165, 1.54) is 24.2 Å². The molecule has 1 aromatic carbocycles. The van der Waals surface area contributed by atoms with E-state index in [4.69, 9.17) is 0 Å². The SMILES string of the molecule is O=C(CS(=O)(=O)c1cc2c(N3CCNCC3)nccc2s1)c1ccc(N2CCCC2)cc1. The third-order valence-electron chi connectivity index (χ3n) is 6.11. The molecular weight excluding hydrogens is 444 g/mol. The molecule has 0 aliphatic carbocycles. The smallest absolute Gasteiger partial charge is 0.195 e. The largest absolute Gasteiger partial charge is 0.372 e. The highest BCUT2D eigenvalue weighted by Crippen LogP contribution is 2.35. The maximum Gasteiger partial charge on any atom is 0.195 e. The van der Waals surface area contributed by atoms with E-state index in [0.29, 0.717) is 5.56 Å². The van der Waals surface area contributed by atoms with Gasteiger partial charge >= 0.3 is 0 Å². The van der Waals surface area contributed by atoms with Crippen LogP contribution >= 0.6 is 11.3 Å². The van der Waals surface area contributed by atoms with Gasteiger partial charge < -0.3 is 15.1 Å². The molecule has 32 heavy (non-hydrogen) atoms. The van der Waals surface area contributed by atoms with E-state index in [-0.39, 0.29) is 9.99 Å². The van der Waals surface area contributed by atoms with E-state index < -0.39 is 15.6 Å². The molecule has 0 spiro atoms. The highest BCUT2D eigenvalue weighted by atomic mass is 32.2. The summed E-state index contributed by atoms with van der Waals surface area (Å²) in [4.78, 5) is 21.8. The molecule has 2 aliphatic rings. The fourth-order valence-electron chi connectivity index (χ4n) is 4.37. The Morgan fingerprint density at radius 2 is 1.72 bits per heavy atom. The first-order chi connectivity index (χ1) is 15.5. The first-order valence-corrected chi connectivity index (χ1v) is 13.4. The summed E-state index contributed by atoms with van der Waals surface area (Å²) in [5.74, 6) is -0.0966. The topological polar surface area (TPSA) is 82.6 Å². The predicted octanol–water partition coefficient (Wildman–Crippen LogP) is 2.96. The molecule has 0 saturated carbocycles. The third kappa shape index (κ3) is 4.24. The summed E-state index contributed by atoms with van der Waals surface area (Å²) in [6.45, 7) is 5.46. The molecule has 4 heterocycles. The minimum atomic E-state index is -3.74. The van der Waals surface area contributed by atoms with Gasteiger partial charge in [-0.25, -0.2) is 13.4 Å². The van der Waals surface area contributed by atoms with Crippen LogP contribution in [0.1, 0.15) is 23.2 Å². The van der Waals surface area contributed by atoms with Crippen molar-refractivity contribution in [2.24, 2.45) is 0 Å². The first kappa shape index (κ1) is 21.4. The lowest BCUT2D eigenvalue weighted by molar-refractivity contribution is 0.102. The molecule has 1 N–H and O–H groups in total. The summed E-state index contributed by atoms with van der Waals surface area (Å²) in [7, 11) is -3.74. The lowest BCUT2D eigenvalue weighted by Gasteiger charge is -2.28. The maximum atomic E-state index is 13.1. The van der Waals surface area contributed by atoms with Gasteiger partial charge in [0, 0.05) is 66.8 Å². The number of nitrogens with zero attached hydrogens (tertiary/aromatic N) is 3. The van der Waals surface area contributed by atoms with E-state index in [2.05, 4.69) is 20.1 Å². The number of hydrogen-bond acceptors (Lipinski definition) is 8. The van der Waals surface area contributed by atoms with Crippen molar-refractivity contribution in [3.05, 3.63) is 48.2 Å². The maximum absolute atomic E-state index is 13.1. The Labute approximate surface area is 192 Å². The van der Waals surface area contributed by atoms with Gasteiger partial charge in [0.2, 0.25) is 0 Å². The second-order valence-corrected chi connectivity index (χ2v) is 11.6. The summed E-state index contributed by atoms with van der Waals surface area (Å²) in [5, 5.41) is 4.15. The van der Waals surface area contributed by atoms with Crippen LogP contribution in [0.25, 0.3) is 10.1 Å². The van der Waals surface area contributed by atoms with Gasteiger partial charge in [0.25, 0.3) is 0 Å². The average molecular weight is 471 g/mol. The number of pyridine rings is 1. The third-order valence-corrected chi connectivity index (χ3v) is 9.39. The number of piperazine rings is 1. The molecule has 5 rings (SSSR count). The van der Waals surface area contributed by atoms with Gasteiger partial charge in [-0.05, 0) is 49.2 Å². The fraction of sp³-hybridized carbons (Fsp3) is 0.391. The number of benzene rings is 1. The van der Waals surface area contributed by atoms with Crippen molar-refractivity contribution in [1.82, 2.24) is 10.3 Å². The molecule has 168 valence electrons. The molecular formula is C23H26N4O3S2. The van der Waals surface area contributed by atoms with Crippen LogP contribution in [0.4, 0.5) is 11.5 Å². The zero-order valence-electron chi connectivity index (χ0n) is 17.8. The molecule has 7 nitrogen and oxygen atoms in total.